The van der Waals surface area contributed by atoms with Crippen molar-refractivity contribution in [3.05, 3.63) is 6.61 Å². The molecular weight excluding hydrogens is 120 g/mol. The van der Waals surface area contributed by atoms with Gasteiger partial charge in [0.25, 0.3) is 0 Å². The molecular formula is C6H9O3. The van der Waals surface area contributed by atoms with Crippen molar-refractivity contribution in [2.75, 3.05) is 0 Å². The van der Waals surface area contributed by atoms with E-state index in [0.717, 1.165) is 0 Å². The Morgan fingerprint density at radius 2 is 2.00 bits per heavy atom. The molecule has 0 rings (SSSR count). The number of ether oxygens (including phenoxy) is 1. The lowest BCUT2D eigenvalue weighted by atomic mass is 10.3. The Kier molecular flexibility index (Phi) is 3.67. The number of carbonyl (C=O) groups excluding carboxylic acids is 2. The minimum Gasteiger partial charge on any atom is -0.458 e. The van der Waals surface area contributed by atoms with Crippen molar-refractivity contribution in [2.24, 2.45) is 0 Å². The third-order valence-electron chi connectivity index (χ3n) is 0.620. The van der Waals surface area contributed by atoms with Crippen molar-refractivity contribution in [1.82, 2.24) is 0 Å². The van der Waals surface area contributed by atoms with Crippen molar-refractivity contribution in [2.45, 2.75) is 20.3 Å². The number of carbonyl (C=O) groups is 2. The Balaban J connectivity index is 3.10. The zero-order chi connectivity index (χ0) is 7.28. The summed E-state index contributed by atoms with van der Waals surface area (Å²) in [5.41, 5.74) is 0. The average Bonchev–Trinajstić information content (AvgIpc) is 1.63. The quantitative estimate of drug-likeness (QED) is 0.526. The standard InChI is InChI=1S/C6H9O3/c1-5(7)3-4-9-6(2)8/h4H,3H2,1-2H3. The Morgan fingerprint density at radius 3 is 2.33 bits per heavy atom. The molecule has 0 heterocycles. The lowest BCUT2D eigenvalue weighted by molar-refractivity contribution is -0.137. The number of hydrogen-bond donors (Lipinski definition) is 0. The summed E-state index contributed by atoms with van der Waals surface area (Å²) in [7, 11) is 0. The molecule has 3 heteroatoms. The summed E-state index contributed by atoms with van der Waals surface area (Å²) < 4.78 is 4.37. The smallest absolute Gasteiger partial charge is 0.303 e. The highest BCUT2D eigenvalue weighted by Gasteiger charge is 1.95. The van der Waals surface area contributed by atoms with Gasteiger partial charge in [0, 0.05) is 13.3 Å². The van der Waals surface area contributed by atoms with Gasteiger partial charge in [-0.1, -0.05) is 0 Å². The van der Waals surface area contributed by atoms with E-state index in [1.165, 1.54) is 20.5 Å². The maximum atomic E-state index is 10.2. The molecule has 0 aliphatic rings. The fourth-order valence-electron chi connectivity index (χ4n) is 0.276. The molecule has 0 aromatic rings. The molecule has 0 saturated heterocycles. The first kappa shape index (κ1) is 8.14. The summed E-state index contributed by atoms with van der Waals surface area (Å²) in [6.45, 7) is 3.92. The summed E-state index contributed by atoms with van der Waals surface area (Å²) in [5, 5.41) is 0. The molecule has 0 aliphatic carbocycles. The predicted molar refractivity (Wildman–Crippen MR) is 31.4 cm³/mol. The molecule has 0 aromatic heterocycles. The monoisotopic (exact) mass is 129 g/mol. The Morgan fingerprint density at radius 1 is 1.44 bits per heavy atom. The van der Waals surface area contributed by atoms with Crippen LogP contribution < -0.4 is 0 Å². The normalized spacial score (nSPS) is 8.67. The Labute approximate surface area is 54.0 Å². The Hall–Kier alpha value is -0.860. The predicted octanol–water partition coefficient (Wildman–Crippen LogP) is 0.690. The molecule has 0 N–H and O–H groups in total. The van der Waals surface area contributed by atoms with Gasteiger partial charge in [-0.2, -0.15) is 0 Å². The van der Waals surface area contributed by atoms with E-state index < -0.39 is 5.97 Å². The van der Waals surface area contributed by atoms with Crippen LogP contribution in [0, 0.1) is 6.61 Å². The molecule has 0 amide bonds. The molecule has 0 aliphatic heterocycles. The maximum absolute atomic E-state index is 10.2. The van der Waals surface area contributed by atoms with Gasteiger partial charge < -0.3 is 4.74 Å². The zero-order valence-corrected chi connectivity index (χ0v) is 5.51. The van der Waals surface area contributed by atoms with Gasteiger partial charge in [-0.25, -0.2) is 0 Å². The molecule has 0 spiro atoms. The molecule has 3 nitrogen and oxygen atoms in total. The van der Waals surface area contributed by atoms with Crippen LogP contribution in [-0.2, 0) is 14.3 Å². The minimum absolute atomic E-state index is 0.0174. The van der Waals surface area contributed by atoms with E-state index in [2.05, 4.69) is 4.74 Å². The van der Waals surface area contributed by atoms with Crippen LogP contribution in [0.2, 0.25) is 0 Å². The van der Waals surface area contributed by atoms with Gasteiger partial charge >= 0.3 is 5.97 Å². The third-order valence-corrected chi connectivity index (χ3v) is 0.620. The van der Waals surface area contributed by atoms with Gasteiger partial charge in [-0.3, -0.25) is 9.59 Å². The maximum Gasteiger partial charge on any atom is 0.303 e. The lowest BCUT2D eigenvalue weighted by Gasteiger charge is -1.94. The van der Waals surface area contributed by atoms with Crippen LogP contribution in [0.15, 0.2) is 0 Å². The molecule has 1 radical (unpaired) electrons. The molecule has 0 fully saturated rings. The van der Waals surface area contributed by atoms with Crippen LogP contribution >= 0.6 is 0 Å². The van der Waals surface area contributed by atoms with Crippen molar-refractivity contribution in [3.8, 4) is 0 Å². The van der Waals surface area contributed by atoms with Gasteiger partial charge in [0.05, 0.1) is 0 Å². The van der Waals surface area contributed by atoms with E-state index >= 15 is 0 Å². The SMILES string of the molecule is CC(=O)C[CH]OC(C)=O. The highest BCUT2D eigenvalue weighted by atomic mass is 16.5. The number of ketones is 1. The topological polar surface area (TPSA) is 43.4 Å². The fraction of sp³-hybridized carbons (Fsp3) is 0.500. The average molecular weight is 129 g/mol. The molecule has 0 aromatic carbocycles. The molecule has 9 heavy (non-hydrogen) atoms. The first-order valence-corrected chi connectivity index (χ1v) is 2.61. The summed E-state index contributed by atoms with van der Waals surface area (Å²) in [5.74, 6) is -0.410. The first-order valence-electron chi connectivity index (χ1n) is 2.61. The second-order valence-corrected chi connectivity index (χ2v) is 1.68. The number of rotatable bonds is 3. The molecule has 0 bridgehead atoms. The highest BCUT2D eigenvalue weighted by Crippen LogP contribution is 1.90. The van der Waals surface area contributed by atoms with Crippen molar-refractivity contribution >= 4 is 11.8 Å². The van der Waals surface area contributed by atoms with Gasteiger partial charge in [0.2, 0.25) is 0 Å². The van der Waals surface area contributed by atoms with E-state index in [9.17, 15) is 9.59 Å². The number of hydrogen-bond acceptors (Lipinski definition) is 3. The number of esters is 1. The highest BCUT2D eigenvalue weighted by molar-refractivity contribution is 5.76. The third kappa shape index (κ3) is 7.14. The van der Waals surface area contributed by atoms with Gasteiger partial charge in [-0.15, -0.1) is 0 Å². The number of Topliss-reactive ketones (excluding diaryl/α,β-unsaturated/α-hetero) is 1. The first-order chi connectivity index (χ1) is 4.13. The van der Waals surface area contributed by atoms with Crippen LogP contribution in [0.3, 0.4) is 0 Å². The molecule has 0 saturated carbocycles. The van der Waals surface area contributed by atoms with Crippen LogP contribution in [0.1, 0.15) is 20.3 Å². The van der Waals surface area contributed by atoms with E-state index in [1.54, 1.807) is 0 Å². The molecule has 0 atom stereocenters. The summed E-state index contributed by atoms with van der Waals surface area (Å²) in [4.78, 5) is 20.3. The van der Waals surface area contributed by atoms with E-state index in [-0.39, 0.29) is 12.2 Å². The second-order valence-electron chi connectivity index (χ2n) is 1.68. The lowest BCUT2D eigenvalue weighted by Crippen LogP contribution is -1.98. The molecule has 0 unspecified atom stereocenters. The largest absolute Gasteiger partial charge is 0.458 e. The summed E-state index contributed by atoms with van der Waals surface area (Å²) in [6, 6.07) is 0. The second kappa shape index (κ2) is 4.06. The zero-order valence-electron chi connectivity index (χ0n) is 5.51. The van der Waals surface area contributed by atoms with Gasteiger partial charge in [0.1, 0.15) is 12.4 Å². The minimum atomic E-state index is -0.392. The van der Waals surface area contributed by atoms with Gasteiger partial charge in [0.15, 0.2) is 0 Å². The molecule has 51 valence electrons. The van der Waals surface area contributed by atoms with Crippen LogP contribution in [0.25, 0.3) is 0 Å². The van der Waals surface area contributed by atoms with Crippen LogP contribution in [0.5, 0.6) is 0 Å². The van der Waals surface area contributed by atoms with Crippen LogP contribution in [0.4, 0.5) is 0 Å². The van der Waals surface area contributed by atoms with Crippen LogP contribution in [-0.4, -0.2) is 11.8 Å². The van der Waals surface area contributed by atoms with Crippen molar-refractivity contribution < 1.29 is 14.3 Å². The summed E-state index contributed by atoms with van der Waals surface area (Å²) in [6.07, 6.45) is 0.194. The van der Waals surface area contributed by atoms with Crippen molar-refractivity contribution in [1.29, 1.82) is 0 Å². The fourth-order valence-corrected chi connectivity index (χ4v) is 0.276. The van der Waals surface area contributed by atoms with E-state index in [4.69, 9.17) is 0 Å². The van der Waals surface area contributed by atoms with E-state index in [0.29, 0.717) is 0 Å². The van der Waals surface area contributed by atoms with Gasteiger partial charge in [-0.05, 0) is 6.92 Å². The summed E-state index contributed by atoms with van der Waals surface area (Å²) >= 11 is 0. The van der Waals surface area contributed by atoms with E-state index in [1.807, 2.05) is 0 Å². The van der Waals surface area contributed by atoms with Crippen molar-refractivity contribution in [3.63, 3.8) is 0 Å². The Bertz CT molecular complexity index is 103.